The van der Waals surface area contributed by atoms with Crippen molar-refractivity contribution in [3.63, 3.8) is 0 Å². The molecule has 0 radical (unpaired) electrons. The van der Waals surface area contributed by atoms with Gasteiger partial charge >= 0.3 is 5.97 Å². The number of hydrogen-bond donors (Lipinski definition) is 2. The van der Waals surface area contributed by atoms with Gasteiger partial charge in [-0.15, -0.1) is 0 Å². The van der Waals surface area contributed by atoms with E-state index in [9.17, 15) is 15.0 Å². The van der Waals surface area contributed by atoms with E-state index in [0.717, 1.165) is 6.07 Å². The Hall–Kier alpha value is -1.13. The molecule has 0 unspecified atom stereocenters. The lowest BCUT2D eigenvalue weighted by Crippen LogP contribution is -2.08. The van der Waals surface area contributed by atoms with E-state index in [2.05, 4.69) is 0 Å². The lowest BCUT2D eigenvalue weighted by Gasteiger charge is -2.09. The highest BCUT2D eigenvalue weighted by Gasteiger charge is 2.18. The van der Waals surface area contributed by atoms with Crippen LogP contribution in [0, 0.1) is 0 Å². The van der Waals surface area contributed by atoms with Gasteiger partial charge in [0.2, 0.25) is 0 Å². The molecule has 0 heterocycles. The van der Waals surface area contributed by atoms with Crippen molar-refractivity contribution in [1.29, 1.82) is 0 Å². The van der Waals surface area contributed by atoms with Crippen LogP contribution in [0.1, 0.15) is 12.5 Å². The van der Waals surface area contributed by atoms with E-state index in [1.165, 1.54) is 0 Å². The highest BCUT2D eigenvalue weighted by Crippen LogP contribution is 2.39. The normalized spacial score (nSPS) is 10.2. The number of carbonyl (C=O) groups is 1. The fourth-order valence-electron chi connectivity index (χ4n) is 1.16. The average Bonchev–Trinajstić information content (AvgIpc) is 2.22. The number of hydrogen-bond acceptors (Lipinski definition) is 4. The molecule has 1 rings (SSSR count). The molecule has 1 aromatic rings. The molecule has 2 N–H and O–H groups in total. The summed E-state index contributed by atoms with van der Waals surface area (Å²) >= 11 is 11.3. The predicted molar refractivity (Wildman–Crippen MR) is 60.1 cm³/mol. The Morgan fingerprint density at radius 2 is 2.06 bits per heavy atom. The third-order valence-corrected chi connectivity index (χ3v) is 2.59. The quantitative estimate of drug-likeness (QED) is 0.651. The van der Waals surface area contributed by atoms with Gasteiger partial charge in [0.1, 0.15) is 5.75 Å². The van der Waals surface area contributed by atoms with Gasteiger partial charge in [-0.1, -0.05) is 23.2 Å². The molecule has 0 saturated heterocycles. The van der Waals surface area contributed by atoms with Gasteiger partial charge < -0.3 is 14.9 Å². The van der Waals surface area contributed by atoms with Crippen LogP contribution in [-0.4, -0.2) is 22.8 Å². The number of rotatable bonds is 3. The maximum absolute atomic E-state index is 11.2. The average molecular weight is 265 g/mol. The second-order valence-corrected chi connectivity index (χ2v) is 3.79. The molecular formula is C10H10Cl2O4. The van der Waals surface area contributed by atoms with Crippen molar-refractivity contribution in [2.45, 2.75) is 13.3 Å². The minimum atomic E-state index is -0.540. The number of aromatic hydroxyl groups is 2. The first-order chi connectivity index (χ1) is 7.47. The molecule has 0 spiro atoms. The van der Waals surface area contributed by atoms with Crippen molar-refractivity contribution in [3.8, 4) is 11.5 Å². The Morgan fingerprint density at radius 1 is 1.44 bits per heavy atom. The molecule has 4 nitrogen and oxygen atoms in total. The van der Waals surface area contributed by atoms with Gasteiger partial charge in [0.15, 0.2) is 5.75 Å². The van der Waals surface area contributed by atoms with Crippen LogP contribution in [0.25, 0.3) is 0 Å². The van der Waals surface area contributed by atoms with Gasteiger partial charge in [0.25, 0.3) is 0 Å². The Bertz CT molecular complexity index is 418. The van der Waals surface area contributed by atoms with E-state index >= 15 is 0 Å². The fourth-order valence-corrected chi connectivity index (χ4v) is 1.67. The van der Waals surface area contributed by atoms with Crippen molar-refractivity contribution < 1.29 is 19.7 Å². The molecule has 1 aromatic carbocycles. The Kier molecular flexibility index (Phi) is 4.26. The zero-order valence-corrected chi connectivity index (χ0v) is 9.97. The van der Waals surface area contributed by atoms with Crippen LogP contribution in [0.2, 0.25) is 10.0 Å². The van der Waals surface area contributed by atoms with Crippen molar-refractivity contribution in [1.82, 2.24) is 0 Å². The summed E-state index contributed by atoms with van der Waals surface area (Å²) in [4.78, 5) is 11.2. The molecule has 0 aliphatic rings. The minimum Gasteiger partial charge on any atom is -0.508 e. The number of phenolic OH excluding ortho intramolecular Hbond substituents is 2. The molecule has 6 heteroatoms. The number of ether oxygens (including phenoxy) is 1. The van der Waals surface area contributed by atoms with Crippen molar-refractivity contribution in [3.05, 3.63) is 21.7 Å². The summed E-state index contributed by atoms with van der Waals surface area (Å²) in [5.74, 6) is -1.15. The summed E-state index contributed by atoms with van der Waals surface area (Å²) in [5.41, 5.74) is 0.0991. The smallest absolute Gasteiger partial charge is 0.310 e. The maximum Gasteiger partial charge on any atom is 0.310 e. The molecule has 0 saturated carbocycles. The van der Waals surface area contributed by atoms with E-state index in [1.807, 2.05) is 0 Å². The Labute approximate surface area is 102 Å². The van der Waals surface area contributed by atoms with Crippen LogP contribution in [-0.2, 0) is 16.0 Å². The van der Waals surface area contributed by atoms with E-state index in [1.54, 1.807) is 6.92 Å². The monoisotopic (exact) mass is 264 g/mol. The molecule has 0 aromatic heterocycles. The number of phenols is 2. The molecule has 0 atom stereocenters. The molecule has 0 fully saturated rings. The fraction of sp³-hybridized carbons (Fsp3) is 0.300. The van der Waals surface area contributed by atoms with Crippen molar-refractivity contribution in [2.24, 2.45) is 0 Å². The Balaban J connectivity index is 3.05. The first kappa shape index (κ1) is 12.9. The molecule has 0 bridgehead atoms. The van der Waals surface area contributed by atoms with Crippen LogP contribution in [0.5, 0.6) is 11.5 Å². The van der Waals surface area contributed by atoms with Crippen LogP contribution >= 0.6 is 23.2 Å². The maximum atomic E-state index is 11.2. The van der Waals surface area contributed by atoms with Crippen LogP contribution in [0.4, 0.5) is 0 Å². The topological polar surface area (TPSA) is 66.8 Å². The molecule has 0 aliphatic carbocycles. The van der Waals surface area contributed by atoms with Crippen molar-refractivity contribution in [2.75, 3.05) is 6.61 Å². The van der Waals surface area contributed by atoms with Gasteiger partial charge in [-0.25, -0.2) is 0 Å². The number of halogens is 2. The molecule has 0 aliphatic heterocycles. The highest BCUT2D eigenvalue weighted by molar-refractivity contribution is 6.38. The van der Waals surface area contributed by atoms with Gasteiger partial charge in [-0.2, -0.15) is 0 Å². The third kappa shape index (κ3) is 2.71. The standard InChI is InChI=1S/C10H10Cl2O4/c1-2-16-8(14)3-5-7(13)4-6(11)10(15)9(5)12/h4,13,15H,2-3H2,1H3. The van der Waals surface area contributed by atoms with Crippen LogP contribution in [0.15, 0.2) is 6.07 Å². The van der Waals surface area contributed by atoms with Gasteiger partial charge in [0.05, 0.1) is 23.1 Å². The van der Waals surface area contributed by atoms with Crippen LogP contribution < -0.4 is 0 Å². The third-order valence-electron chi connectivity index (χ3n) is 1.90. The first-order valence-electron chi connectivity index (χ1n) is 4.51. The molecule has 0 amide bonds. The van der Waals surface area contributed by atoms with Crippen LogP contribution in [0.3, 0.4) is 0 Å². The first-order valence-corrected chi connectivity index (χ1v) is 5.27. The minimum absolute atomic E-state index is 0.0740. The van der Waals surface area contributed by atoms with Gasteiger partial charge in [0, 0.05) is 11.6 Å². The van der Waals surface area contributed by atoms with Gasteiger partial charge in [-0.3, -0.25) is 4.79 Å². The van der Waals surface area contributed by atoms with Crippen molar-refractivity contribution >= 4 is 29.2 Å². The SMILES string of the molecule is CCOC(=O)Cc1c(O)cc(Cl)c(O)c1Cl. The zero-order chi connectivity index (χ0) is 12.3. The summed E-state index contributed by atoms with van der Waals surface area (Å²) in [7, 11) is 0. The van der Waals surface area contributed by atoms with E-state index < -0.39 is 5.97 Å². The van der Waals surface area contributed by atoms with E-state index in [4.69, 9.17) is 27.9 Å². The van der Waals surface area contributed by atoms with E-state index in [-0.39, 0.29) is 40.1 Å². The summed E-state index contributed by atoms with van der Waals surface area (Å²) in [6.07, 6.45) is -0.219. The highest BCUT2D eigenvalue weighted by atomic mass is 35.5. The zero-order valence-electron chi connectivity index (χ0n) is 8.46. The molecular weight excluding hydrogens is 255 g/mol. The lowest BCUT2D eigenvalue weighted by molar-refractivity contribution is -0.142. The number of esters is 1. The number of benzene rings is 1. The van der Waals surface area contributed by atoms with E-state index in [0.29, 0.717) is 0 Å². The lowest BCUT2D eigenvalue weighted by atomic mass is 10.1. The second kappa shape index (κ2) is 5.27. The second-order valence-electron chi connectivity index (χ2n) is 3.00. The summed E-state index contributed by atoms with van der Waals surface area (Å²) in [6.45, 7) is 1.90. The summed E-state index contributed by atoms with van der Waals surface area (Å²) in [5, 5.41) is 18.7. The molecule has 16 heavy (non-hydrogen) atoms. The molecule has 88 valence electrons. The largest absolute Gasteiger partial charge is 0.508 e. The Morgan fingerprint density at radius 3 is 2.62 bits per heavy atom. The predicted octanol–water partition coefficient (Wildman–Crippen LogP) is 2.51. The number of carbonyl (C=O) groups excluding carboxylic acids is 1. The summed E-state index contributed by atoms with van der Waals surface area (Å²) < 4.78 is 4.70. The van der Waals surface area contributed by atoms with Gasteiger partial charge in [-0.05, 0) is 6.92 Å². The summed E-state index contributed by atoms with van der Waals surface area (Å²) in [6, 6.07) is 1.12.